The Kier molecular flexibility index (Phi) is 5.62. The average Bonchev–Trinajstić information content (AvgIpc) is 3.33. The third-order valence-electron chi connectivity index (χ3n) is 6.99. The second-order valence-electron chi connectivity index (χ2n) is 9.05. The Morgan fingerprint density at radius 3 is 2.74 bits per heavy atom. The first-order valence-electron chi connectivity index (χ1n) is 11.2. The topological polar surface area (TPSA) is 79.6 Å². The van der Waals surface area contributed by atoms with Crippen LogP contribution in [0.2, 0.25) is 0 Å². The van der Waals surface area contributed by atoms with Crippen molar-refractivity contribution in [2.75, 3.05) is 57.4 Å². The molecule has 0 aromatic carbocycles. The van der Waals surface area contributed by atoms with Crippen LogP contribution in [0.5, 0.6) is 0 Å². The predicted octanol–water partition coefficient (Wildman–Crippen LogP) is 0.788. The standard InChI is InChI=1S/C22H31N7O2/c1-26-13-18(12-25-26)14-27-7-2-4-22(20(30)28-8-10-31-11-9-28)17-29(16-19(22)15-27)21-23-5-3-6-24-21/h3,5-6,12-13,19H,2,4,7-11,14-17H2,1H3/t19-,22-/m0/s1. The summed E-state index contributed by atoms with van der Waals surface area (Å²) in [6.45, 7) is 6.91. The van der Waals surface area contributed by atoms with Crippen molar-refractivity contribution >= 4 is 11.9 Å². The molecule has 3 saturated heterocycles. The van der Waals surface area contributed by atoms with Gasteiger partial charge in [0.2, 0.25) is 11.9 Å². The van der Waals surface area contributed by atoms with E-state index in [-0.39, 0.29) is 11.3 Å². The lowest BCUT2D eigenvalue weighted by atomic mass is 9.73. The van der Waals surface area contributed by atoms with Gasteiger partial charge in [0.15, 0.2) is 0 Å². The SMILES string of the molecule is Cn1cc(CN2CCC[C@]3(C(=O)N4CCOCC4)CN(c4ncccn4)C[C@@H]3C2)cn1. The van der Waals surface area contributed by atoms with Gasteiger partial charge in [-0.2, -0.15) is 5.10 Å². The molecular formula is C22H31N7O2. The Balaban J connectivity index is 1.41. The molecule has 0 aliphatic carbocycles. The van der Waals surface area contributed by atoms with Crippen LogP contribution >= 0.6 is 0 Å². The van der Waals surface area contributed by atoms with Crippen LogP contribution < -0.4 is 4.90 Å². The van der Waals surface area contributed by atoms with Gasteiger partial charge in [0.25, 0.3) is 0 Å². The van der Waals surface area contributed by atoms with E-state index in [0.29, 0.717) is 38.8 Å². The van der Waals surface area contributed by atoms with E-state index in [1.807, 2.05) is 28.9 Å². The Labute approximate surface area is 183 Å². The van der Waals surface area contributed by atoms with E-state index in [0.717, 1.165) is 45.0 Å². The number of rotatable bonds is 4. The molecule has 2 atom stereocenters. The summed E-state index contributed by atoms with van der Waals surface area (Å²) in [5.41, 5.74) is 0.830. The van der Waals surface area contributed by atoms with Gasteiger partial charge >= 0.3 is 0 Å². The molecule has 0 unspecified atom stereocenters. The molecule has 0 N–H and O–H groups in total. The summed E-state index contributed by atoms with van der Waals surface area (Å²) >= 11 is 0. The summed E-state index contributed by atoms with van der Waals surface area (Å²) in [5.74, 6) is 1.26. The van der Waals surface area contributed by atoms with Crippen molar-refractivity contribution in [1.29, 1.82) is 0 Å². The second kappa shape index (κ2) is 8.55. The predicted molar refractivity (Wildman–Crippen MR) is 115 cm³/mol. The van der Waals surface area contributed by atoms with Crippen molar-refractivity contribution in [3.05, 3.63) is 36.4 Å². The highest BCUT2D eigenvalue weighted by atomic mass is 16.5. The van der Waals surface area contributed by atoms with Gasteiger partial charge in [-0.3, -0.25) is 14.4 Å². The summed E-state index contributed by atoms with van der Waals surface area (Å²) < 4.78 is 7.36. The first-order chi connectivity index (χ1) is 15.1. The van der Waals surface area contributed by atoms with Crippen LogP contribution in [0.25, 0.3) is 0 Å². The van der Waals surface area contributed by atoms with Crippen LogP contribution in [0.1, 0.15) is 18.4 Å². The van der Waals surface area contributed by atoms with Crippen LogP contribution in [0.3, 0.4) is 0 Å². The molecule has 0 spiro atoms. The molecule has 3 aliphatic heterocycles. The Morgan fingerprint density at radius 1 is 1.19 bits per heavy atom. The fourth-order valence-corrected chi connectivity index (χ4v) is 5.50. The number of carbonyl (C=O) groups is 1. The van der Waals surface area contributed by atoms with Gasteiger partial charge in [-0.15, -0.1) is 0 Å². The number of likely N-dealkylation sites (tertiary alicyclic amines) is 1. The molecule has 0 radical (unpaired) electrons. The number of aromatic nitrogens is 4. The van der Waals surface area contributed by atoms with E-state index in [1.54, 1.807) is 12.4 Å². The summed E-state index contributed by atoms with van der Waals surface area (Å²) in [4.78, 5) is 29.6. The fraction of sp³-hybridized carbons (Fsp3) is 0.636. The maximum atomic E-state index is 13.9. The highest BCUT2D eigenvalue weighted by molar-refractivity contribution is 5.85. The summed E-state index contributed by atoms with van der Waals surface area (Å²) in [6, 6.07) is 1.84. The summed E-state index contributed by atoms with van der Waals surface area (Å²) in [7, 11) is 1.95. The van der Waals surface area contributed by atoms with Crippen molar-refractivity contribution in [2.24, 2.45) is 18.4 Å². The number of anilines is 1. The molecule has 0 bridgehead atoms. The zero-order valence-corrected chi connectivity index (χ0v) is 18.2. The van der Waals surface area contributed by atoms with Crippen LogP contribution in [-0.4, -0.2) is 87.9 Å². The van der Waals surface area contributed by atoms with E-state index < -0.39 is 0 Å². The highest BCUT2D eigenvalue weighted by Gasteiger charge is 2.54. The molecule has 0 saturated carbocycles. The largest absolute Gasteiger partial charge is 0.378 e. The van der Waals surface area contributed by atoms with Crippen LogP contribution in [0.15, 0.2) is 30.9 Å². The molecule has 5 heterocycles. The number of ether oxygens (including phenoxy) is 1. The van der Waals surface area contributed by atoms with Gasteiger partial charge in [-0.25, -0.2) is 9.97 Å². The van der Waals surface area contributed by atoms with E-state index in [9.17, 15) is 4.79 Å². The minimum atomic E-state index is -0.389. The van der Waals surface area contributed by atoms with E-state index in [1.165, 1.54) is 5.56 Å². The lowest BCUT2D eigenvalue weighted by molar-refractivity contribution is -0.148. The Bertz CT molecular complexity index is 898. The highest BCUT2D eigenvalue weighted by Crippen LogP contribution is 2.45. The molecule has 3 aliphatic rings. The van der Waals surface area contributed by atoms with Crippen LogP contribution in [0, 0.1) is 11.3 Å². The smallest absolute Gasteiger partial charge is 0.231 e. The van der Waals surface area contributed by atoms with Crippen LogP contribution in [0.4, 0.5) is 5.95 Å². The number of carbonyl (C=O) groups excluding carboxylic acids is 1. The first-order valence-corrected chi connectivity index (χ1v) is 11.2. The summed E-state index contributed by atoms with van der Waals surface area (Å²) in [5, 5.41) is 4.32. The van der Waals surface area contributed by atoms with Crippen molar-refractivity contribution in [1.82, 2.24) is 29.5 Å². The second-order valence-corrected chi connectivity index (χ2v) is 9.05. The summed E-state index contributed by atoms with van der Waals surface area (Å²) in [6.07, 6.45) is 9.49. The van der Waals surface area contributed by atoms with Crippen molar-refractivity contribution < 1.29 is 9.53 Å². The minimum Gasteiger partial charge on any atom is -0.378 e. The average molecular weight is 426 g/mol. The van der Waals surface area contributed by atoms with Gasteiger partial charge in [0, 0.05) is 76.4 Å². The Morgan fingerprint density at radius 2 is 2.00 bits per heavy atom. The third-order valence-corrected chi connectivity index (χ3v) is 6.99. The normalized spacial score (nSPS) is 27.2. The van der Waals surface area contributed by atoms with Crippen molar-refractivity contribution in [3.8, 4) is 0 Å². The quantitative estimate of drug-likeness (QED) is 0.716. The molecular weight excluding hydrogens is 394 g/mol. The van der Waals surface area contributed by atoms with Gasteiger partial charge in [0.1, 0.15) is 0 Å². The monoisotopic (exact) mass is 425 g/mol. The molecule has 166 valence electrons. The Hall–Kier alpha value is -2.52. The zero-order valence-electron chi connectivity index (χ0n) is 18.2. The number of hydrogen-bond donors (Lipinski definition) is 0. The number of fused-ring (bicyclic) bond motifs is 1. The number of hydrogen-bond acceptors (Lipinski definition) is 7. The fourth-order valence-electron chi connectivity index (χ4n) is 5.50. The number of morpholine rings is 1. The maximum absolute atomic E-state index is 13.9. The first kappa shape index (κ1) is 20.4. The molecule has 1 amide bonds. The van der Waals surface area contributed by atoms with Gasteiger partial charge in [-0.05, 0) is 25.5 Å². The van der Waals surface area contributed by atoms with Gasteiger partial charge in [-0.1, -0.05) is 0 Å². The molecule has 9 nitrogen and oxygen atoms in total. The molecule has 2 aromatic rings. The lowest BCUT2D eigenvalue weighted by Gasteiger charge is -2.38. The van der Waals surface area contributed by atoms with Crippen LogP contribution in [-0.2, 0) is 23.1 Å². The van der Waals surface area contributed by atoms with Crippen molar-refractivity contribution in [3.63, 3.8) is 0 Å². The minimum absolute atomic E-state index is 0.242. The van der Waals surface area contributed by atoms with E-state index in [2.05, 4.69) is 31.1 Å². The lowest BCUT2D eigenvalue weighted by Crippen LogP contribution is -2.52. The number of nitrogens with zero attached hydrogens (tertiary/aromatic N) is 7. The van der Waals surface area contributed by atoms with E-state index in [4.69, 9.17) is 4.74 Å². The van der Waals surface area contributed by atoms with Crippen molar-refractivity contribution in [2.45, 2.75) is 19.4 Å². The van der Waals surface area contributed by atoms with Gasteiger partial charge in [0.05, 0.1) is 24.8 Å². The molecule has 5 rings (SSSR count). The van der Waals surface area contributed by atoms with E-state index >= 15 is 0 Å². The van der Waals surface area contributed by atoms with Gasteiger partial charge < -0.3 is 14.5 Å². The zero-order chi connectivity index (χ0) is 21.3. The molecule has 9 heteroatoms. The number of aryl methyl sites for hydroxylation is 1. The molecule has 31 heavy (non-hydrogen) atoms. The maximum Gasteiger partial charge on any atom is 0.231 e. The molecule has 2 aromatic heterocycles. The molecule has 3 fully saturated rings. The number of amides is 1. The third kappa shape index (κ3) is 4.04.